The summed E-state index contributed by atoms with van der Waals surface area (Å²) in [6.45, 7) is 0. The quantitative estimate of drug-likeness (QED) is 0.595. The molecule has 0 aliphatic carbocycles. The fourth-order valence-corrected chi connectivity index (χ4v) is 3.00. The van der Waals surface area contributed by atoms with E-state index in [1.807, 2.05) is 6.26 Å². The maximum atomic E-state index is 11.7. The molecule has 8 heteroatoms. The summed E-state index contributed by atoms with van der Waals surface area (Å²) >= 11 is 2.90. The SMILES string of the molecule is CNC(=O)ON=C1SC(CSC)C(=O)N1C. The van der Waals surface area contributed by atoms with Crippen LogP contribution in [0, 0.1) is 0 Å². The van der Waals surface area contributed by atoms with E-state index in [2.05, 4.69) is 15.3 Å². The topological polar surface area (TPSA) is 71.0 Å². The van der Waals surface area contributed by atoms with E-state index in [0.29, 0.717) is 10.9 Å². The van der Waals surface area contributed by atoms with Gasteiger partial charge in [-0.25, -0.2) is 4.79 Å². The van der Waals surface area contributed by atoms with Crippen molar-refractivity contribution in [3.8, 4) is 0 Å². The van der Waals surface area contributed by atoms with Crippen molar-refractivity contribution in [2.75, 3.05) is 26.1 Å². The van der Waals surface area contributed by atoms with Gasteiger partial charge in [-0.2, -0.15) is 11.8 Å². The zero-order valence-electron chi connectivity index (χ0n) is 9.22. The lowest BCUT2D eigenvalue weighted by Gasteiger charge is -2.07. The molecule has 1 heterocycles. The van der Waals surface area contributed by atoms with Gasteiger partial charge in [-0.15, -0.1) is 0 Å². The molecule has 0 saturated carbocycles. The third-order valence-electron chi connectivity index (χ3n) is 1.87. The Hall–Kier alpha value is -0.890. The number of hydrogen-bond acceptors (Lipinski definition) is 6. The van der Waals surface area contributed by atoms with Crippen LogP contribution in [0.1, 0.15) is 0 Å². The van der Waals surface area contributed by atoms with Gasteiger partial charge < -0.3 is 5.32 Å². The number of oxime groups is 1. The van der Waals surface area contributed by atoms with Gasteiger partial charge in [0.2, 0.25) is 11.1 Å². The molecule has 0 spiro atoms. The predicted molar refractivity (Wildman–Crippen MR) is 65.5 cm³/mol. The lowest BCUT2D eigenvalue weighted by atomic mass is 10.4. The monoisotopic (exact) mass is 263 g/mol. The van der Waals surface area contributed by atoms with Gasteiger partial charge in [0, 0.05) is 19.8 Å². The summed E-state index contributed by atoms with van der Waals surface area (Å²) in [5, 5.41) is 6.15. The highest BCUT2D eigenvalue weighted by Gasteiger charge is 2.35. The summed E-state index contributed by atoms with van der Waals surface area (Å²) in [6.07, 6.45) is 1.28. The molecule has 1 saturated heterocycles. The Morgan fingerprint density at radius 3 is 3.00 bits per heavy atom. The number of rotatable bonds is 3. The van der Waals surface area contributed by atoms with E-state index in [4.69, 9.17) is 0 Å². The van der Waals surface area contributed by atoms with Crippen LogP contribution in [0.2, 0.25) is 0 Å². The molecule has 90 valence electrons. The van der Waals surface area contributed by atoms with Gasteiger partial charge in [0.1, 0.15) is 5.25 Å². The third kappa shape index (κ3) is 3.05. The van der Waals surface area contributed by atoms with E-state index in [-0.39, 0.29) is 11.2 Å². The number of carbonyl (C=O) groups is 2. The highest BCUT2D eigenvalue weighted by atomic mass is 32.2. The molecule has 1 aliphatic rings. The number of carbonyl (C=O) groups excluding carboxylic acids is 2. The van der Waals surface area contributed by atoms with Crippen molar-refractivity contribution in [1.29, 1.82) is 0 Å². The van der Waals surface area contributed by atoms with Crippen molar-refractivity contribution in [3.63, 3.8) is 0 Å². The zero-order valence-corrected chi connectivity index (χ0v) is 10.9. The Kier molecular flexibility index (Phi) is 4.94. The number of amides is 2. The van der Waals surface area contributed by atoms with Crippen LogP contribution in [0.5, 0.6) is 0 Å². The highest BCUT2D eigenvalue weighted by Crippen LogP contribution is 2.27. The van der Waals surface area contributed by atoms with Crippen molar-refractivity contribution in [3.05, 3.63) is 0 Å². The van der Waals surface area contributed by atoms with Crippen molar-refractivity contribution in [1.82, 2.24) is 10.2 Å². The molecule has 2 amide bonds. The molecule has 1 atom stereocenters. The summed E-state index contributed by atoms with van der Waals surface area (Å²) in [5.74, 6) is 0.700. The second-order valence-electron chi connectivity index (χ2n) is 2.96. The molecule has 0 bridgehead atoms. The Morgan fingerprint density at radius 2 is 2.44 bits per heavy atom. The minimum Gasteiger partial charge on any atom is -0.323 e. The smallest absolute Gasteiger partial charge is 0.323 e. The molecule has 1 fully saturated rings. The van der Waals surface area contributed by atoms with Crippen LogP contribution < -0.4 is 5.32 Å². The van der Waals surface area contributed by atoms with E-state index in [9.17, 15) is 9.59 Å². The van der Waals surface area contributed by atoms with Crippen LogP contribution in [0.3, 0.4) is 0 Å². The van der Waals surface area contributed by atoms with Gasteiger partial charge in [0.25, 0.3) is 0 Å². The number of hydrogen-bond donors (Lipinski definition) is 1. The molecular weight excluding hydrogens is 250 g/mol. The molecular formula is C8H13N3O3S2. The van der Waals surface area contributed by atoms with Gasteiger partial charge in [0.15, 0.2) is 0 Å². The highest BCUT2D eigenvalue weighted by molar-refractivity contribution is 8.16. The Morgan fingerprint density at radius 1 is 1.75 bits per heavy atom. The molecule has 0 aromatic heterocycles. The largest absolute Gasteiger partial charge is 0.433 e. The lowest BCUT2D eigenvalue weighted by Crippen LogP contribution is -2.29. The van der Waals surface area contributed by atoms with Gasteiger partial charge in [-0.1, -0.05) is 11.8 Å². The molecule has 6 nitrogen and oxygen atoms in total. The van der Waals surface area contributed by atoms with Gasteiger partial charge in [-0.3, -0.25) is 14.5 Å². The zero-order chi connectivity index (χ0) is 12.1. The Balaban J connectivity index is 2.62. The second-order valence-corrected chi connectivity index (χ2v) is 5.04. The molecule has 1 unspecified atom stereocenters. The fraction of sp³-hybridized carbons (Fsp3) is 0.625. The van der Waals surface area contributed by atoms with E-state index in [1.54, 1.807) is 18.8 Å². The minimum atomic E-state index is -0.651. The predicted octanol–water partition coefficient (Wildman–Crippen LogP) is 0.550. The first-order valence-corrected chi connectivity index (χ1v) is 6.77. The fourth-order valence-electron chi connectivity index (χ4n) is 1.03. The molecule has 0 aromatic carbocycles. The van der Waals surface area contributed by atoms with Crippen molar-refractivity contribution < 1.29 is 14.4 Å². The summed E-state index contributed by atoms with van der Waals surface area (Å²) in [4.78, 5) is 28.4. The van der Waals surface area contributed by atoms with Crippen molar-refractivity contribution in [2.24, 2.45) is 5.16 Å². The van der Waals surface area contributed by atoms with Crippen LogP contribution in [0.15, 0.2) is 5.16 Å². The van der Waals surface area contributed by atoms with Crippen LogP contribution in [-0.2, 0) is 9.63 Å². The molecule has 0 radical (unpaired) electrons. The van der Waals surface area contributed by atoms with E-state index < -0.39 is 6.09 Å². The number of thioether (sulfide) groups is 2. The first-order valence-electron chi connectivity index (χ1n) is 4.50. The van der Waals surface area contributed by atoms with Crippen molar-refractivity contribution >= 4 is 40.7 Å². The van der Waals surface area contributed by atoms with Gasteiger partial charge in [-0.05, 0) is 11.4 Å². The van der Waals surface area contributed by atoms with Crippen LogP contribution in [-0.4, -0.2) is 53.4 Å². The molecule has 1 aliphatic heterocycles. The van der Waals surface area contributed by atoms with E-state index in [1.165, 1.54) is 23.7 Å². The number of nitrogens with zero attached hydrogens (tertiary/aromatic N) is 2. The first-order chi connectivity index (χ1) is 7.60. The van der Waals surface area contributed by atoms with E-state index >= 15 is 0 Å². The normalized spacial score (nSPS) is 22.7. The molecule has 0 aromatic rings. The Labute approximate surface area is 102 Å². The maximum absolute atomic E-state index is 11.7. The van der Waals surface area contributed by atoms with Gasteiger partial charge in [0.05, 0.1) is 0 Å². The standard InChI is InChI=1S/C8H13N3O3S2/c1-9-8(13)14-10-7-11(2)6(12)5(16-7)4-15-3/h5H,4H2,1-3H3,(H,9,13). The second kappa shape index (κ2) is 6.00. The molecule has 1 rings (SSSR count). The third-order valence-corrected chi connectivity index (χ3v) is 3.96. The van der Waals surface area contributed by atoms with E-state index in [0.717, 1.165) is 0 Å². The molecule has 16 heavy (non-hydrogen) atoms. The van der Waals surface area contributed by atoms with Crippen molar-refractivity contribution in [2.45, 2.75) is 5.25 Å². The number of nitrogens with one attached hydrogen (secondary N) is 1. The Bertz CT molecular complexity index is 322. The average Bonchev–Trinajstić information content (AvgIpc) is 2.55. The van der Waals surface area contributed by atoms with Crippen LogP contribution in [0.4, 0.5) is 4.79 Å². The molecule has 1 N–H and O–H groups in total. The summed E-state index contributed by atoms with van der Waals surface area (Å²) in [5.41, 5.74) is 0. The van der Waals surface area contributed by atoms with Crippen LogP contribution in [0.25, 0.3) is 0 Å². The van der Waals surface area contributed by atoms with Gasteiger partial charge >= 0.3 is 6.09 Å². The first kappa shape index (κ1) is 13.2. The average molecular weight is 263 g/mol. The van der Waals surface area contributed by atoms with Crippen LogP contribution >= 0.6 is 23.5 Å². The summed E-state index contributed by atoms with van der Waals surface area (Å²) < 4.78 is 0. The lowest BCUT2D eigenvalue weighted by molar-refractivity contribution is -0.124. The number of amidine groups is 1. The minimum absolute atomic E-state index is 0.0152. The summed E-state index contributed by atoms with van der Waals surface area (Å²) in [7, 11) is 3.05. The maximum Gasteiger partial charge on any atom is 0.433 e. The summed E-state index contributed by atoms with van der Waals surface area (Å²) in [6, 6.07) is 0.